The van der Waals surface area contributed by atoms with Crippen LogP contribution in [0.4, 0.5) is 17.6 Å². The minimum absolute atomic E-state index is 0.314. The largest absolute Gasteiger partial charge is 0.460 e. The second-order valence-electron chi connectivity index (χ2n) is 5.72. The highest BCUT2D eigenvalue weighted by Crippen LogP contribution is 2.35. The van der Waals surface area contributed by atoms with E-state index in [2.05, 4.69) is 15.0 Å². The maximum absolute atomic E-state index is 14.2. The predicted octanol–water partition coefficient (Wildman–Crippen LogP) is 4.25. The van der Waals surface area contributed by atoms with E-state index in [1.54, 1.807) is 16.8 Å². The van der Waals surface area contributed by atoms with Gasteiger partial charge in [0, 0.05) is 11.8 Å². The molecule has 0 saturated heterocycles. The summed E-state index contributed by atoms with van der Waals surface area (Å²) in [6.07, 6.45) is -0.351. The van der Waals surface area contributed by atoms with Crippen LogP contribution in [-0.4, -0.2) is 31.1 Å². The fraction of sp³-hybridized carbons (Fsp3) is 0.267. The first-order chi connectivity index (χ1) is 11.6. The van der Waals surface area contributed by atoms with Crippen molar-refractivity contribution in [3.05, 3.63) is 40.5 Å². The number of fused-ring (bicyclic) bond motifs is 1. The van der Waals surface area contributed by atoms with Crippen LogP contribution in [0.5, 0.6) is 5.88 Å². The van der Waals surface area contributed by atoms with Gasteiger partial charge < -0.3 is 4.74 Å². The molecule has 0 aliphatic heterocycles. The van der Waals surface area contributed by atoms with Crippen LogP contribution in [0.1, 0.15) is 13.8 Å². The number of nitrogens with zero attached hydrogens (tertiary/aromatic N) is 4. The molecule has 3 aromatic heterocycles. The minimum Gasteiger partial charge on any atom is -0.460 e. The van der Waals surface area contributed by atoms with Crippen LogP contribution >= 0.6 is 22.6 Å². The number of rotatable bonds is 3. The van der Waals surface area contributed by atoms with Crippen LogP contribution < -0.4 is 4.74 Å². The molecular weight excluding hydrogens is 455 g/mol. The summed E-state index contributed by atoms with van der Waals surface area (Å²) in [4.78, 5) is 12.0. The molecule has 0 amide bonds. The normalized spacial score (nSPS) is 12.6. The van der Waals surface area contributed by atoms with Gasteiger partial charge in [0.1, 0.15) is 16.4 Å². The van der Waals surface area contributed by atoms with E-state index in [0.29, 0.717) is 11.3 Å². The van der Waals surface area contributed by atoms with Crippen LogP contribution in [0.15, 0.2) is 31.0 Å². The van der Waals surface area contributed by atoms with Crippen molar-refractivity contribution in [2.24, 2.45) is 0 Å². The zero-order valence-corrected chi connectivity index (χ0v) is 15.1. The molecule has 25 heavy (non-hydrogen) atoms. The van der Waals surface area contributed by atoms with Gasteiger partial charge in [0.15, 0.2) is 11.4 Å². The van der Waals surface area contributed by atoms with Gasteiger partial charge in [0.2, 0.25) is 0 Å². The summed E-state index contributed by atoms with van der Waals surface area (Å²) < 4.78 is 59.9. The van der Waals surface area contributed by atoms with Crippen molar-refractivity contribution in [1.29, 1.82) is 0 Å². The number of hydrogen-bond acceptors (Lipinski definition) is 4. The van der Waals surface area contributed by atoms with Gasteiger partial charge >= 0.3 is 6.18 Å². The van der Waals surface area contributed by atoms with Crippen molar-refractivity contribution in [2.45, 2.75) is 25.6 Å². The Kier molecular flexibility index (Phi) is 4.33. The topological polar surface area (TPSA) is 52.3 Å². The van der Waals surface area contributed by atoms with Gasteiger partial charge in [-0.2, -0.15) is 13.2 Å². The third-order valence-corrected chi connectivity index (χ3v) is 4.35. The second-order valence-corrected chi connectivity index (χ2v) is 6.74. The number of ether oxygens (including phenoxy) is 1. The molecule has 3 heterocycles. The summed E-state index contributed by atoms with van der Waals surface area (Å²) in [7, 11) is 0. The lowest BCUT2D eigenvalue weighted by atomic mass is 10.1. The molecule has 3 rings (SSSR count). The van der Waals surface area contributed by atoms with Gasteiger partial charge in [-0.25, -0.2) is 19.3 Å². The average molecular weight is 466 g/mol. The molecule has 0 N–H and O–H groups in total. The Hall–Kier alpha value is -1.98. The molecule has 3 aromatic rings. The molecule has 0 bridgehead atoms. The first-order valence-electron chi connectivity index (χ1n) is 6.98. The molecular formula is C15H11F4IN4O. The zero-order valence-electron chi connectivity index (χ0n) is 13.0. The molecule has 0 aromatic carbocycles. The van der Waals surface area contributed by atoms with Crippen molar-refractivity contribution >= 4 is 28.1 Å². The Morgan fingerprint density at radius 1 is 1.08 bits per heavy atom. The highest BCUT2D eigenvalue weighted by atomic mass is 127. The Morgan fingerprint density at radius 2 is 1.76 bits per heavy atom. The maximum atomic E-state index is 14.2. The lowest BCUT2D eigenvalue weighted by Crippen LogP contribution is -2.45. The number of alkyl halides is 3. The van der Waals surface area contributed by atoms with E-state index in [4.69, 9.17) is 4.74 Å². The van der Waals surface area contributed by atoms with Gasteiger partial charge in [0.25, 0.3) is 5.88 Å². The van der Waals surface area contributed by atoms with Crippen molar-refractivity contribution in [1.82, 2.24) is 19.4 Å². The monoisotopic (exact) mass is 466 g/mol. The average Bonchev–Trinajstić information content (AvgIpc) is 2.89. The van der Waals surface area contributed by atoms with E-state index < -0.39 is 23.5 Å². The molecule has 0 fully saturated rings. The number of hydrogen-bond donors (Lipinski definition) is 0. The SMILES string of the molecule is CC(C)(Oc1ncc(-c2cc3c(I)ncn3cn2)cc1F)C(F)(F)F. The first kappa shape index (κ1) is 17.8. The Labute approximate surface area is 153 Å². The summed E-state index contributed by atoms with van der Waals surface area (Å²) in [5.74, 6) is -1.72. The second kappa shape index (κ2) is 6.07. The standard InChI is InChI=1S/C15H11F4IN4O/c1-14(2,15(17,18)19)25-13-9(16)3-8(5-21-13)10-4-11-12(20)23-7-24(11)6-22-10/h3-7H,1-2H3. The highest BCUT2D eigenvalue weighted by Gasteiger charge is 2.50. The number of aromatic nitrogens is 4. The fourth-order valence-corrected chi connectivity index (χ4v) is 2.52. The van der Waals surface area contributed by atoms with Crippen molar-refractivity contribution in [2.75, 3.05) is 0 Å². The molecule has 0 aliphatic rings. The summed E-state index contributed by atoms with van der Waals surface area (Å²) in [5.41, 5.74) is -1.06. The van der Waals surface area contributed by atoms with E-state index in [9.17, 15) is 17.6 Å². The number of halogens is 5. The first-order valence-corrected chi connectivity index (χ1v) is 8.06. The van der Waals surface area contributed by atoms with Gasteiger partial charge in [-0.05, 0) is 48.6 Å². The molecule has 0 aliphatic carbocycles. The van der Waals surface area contributed by atoms with Crippen LogP contribution in [0.2, 0.25) is 0 Å². The number of pyridine rings is 1. The summed E-state index contributed by atoms with van der Waals surface area (Å²) >= 11 is 2.05. The maximum Gasteiger partial charge on any atom is 0.427 e. The van der Waals surface area contributed by atoms with Crippen LogP contribution in [0.3, 0.4) is 0 Å². The molecule has 0 saturated carbocycles. The van der Waals surface area contributed by atoms with E-state index in [1.165, 1.54) is 12.5 Å². The zero-order chi connectivity index (χ0) is 18.4. The number of imidazole rings is 1. The van der Waals surface area contributed by atoms with Crippen LogP contribution in [0, 0.1) is 9.52 Å². The Morgan fingerprint density at radius 3 is 2.40 bits per heavy atom. The van der Waals surface area contributed by atoms with Gasteiger partial charge in [-0.15, -0.1) is 0 Å². The Bertz CT molecular complexity index is 939. The predicted molar refractivity (Wildman–Crippen MR) is 89.7 cm³/mol. The van der Waals surface area contributed by atoms with E-state index in [0.717, 1.165) is 29.1 Å². The van der Waals surface area contributed by atoms with Gasteiger partial charge in [0.05, 0.1) is 11.2 Å². The fourth-order valence-electron chi connectivity index (χ4n) is 1.96. The third-order valence-electron chi connectivity index (χ3n) is 3.52. The van der Waals surface area contributed by atoms with Crippen molar-refractivity contribution < 1.29 is 22.3 Å². The smallest absolute Gasteiger partial charge is 0.427 e. The Balaban J connectivity index is 1.94. The van der Waals surface area contributed by atoms with Crippen LogP contribution in [0.25, 0.3) is 16.8 Å². The lowest BCUT2D eigenvalue weighted by Gasteiger charge is -2.28. The van der Waals surface area contributed by atoms with Crippen LogP contribution in [-0.2, 0) is 0 Å². The molecule has 0 radical (unpaired) electrons. The molecule has 5 nitrogen and oxygen atoms in total. The molecule has 0 atom stereocenters. The van der Waals surface area contributed by atoms with Crippen molar-refractivity contribution in [3.63, 3.8) is 0 Å². The van der Waals surface area contributed by atoms with E-state index in [1.807, 2.05) is 22.6 Å². The molecule has 132 valence electrons. The molecule has 0 spiro atoms. The summed E-state index contributed by atoms with van der Waals surface area (Å²) in [6.45, 7) is 1.61. The van der Waals surface area contributed by atoms with E-state index >= 15 is 0 Å². The molecule has 0 unspecified atom stereocenters. The quantitative estimate of drug-likeness (QED) is 0.428. The summed E-state index contributed by atoms with van der Waals surface area (Å²) in [6, 6.07) is 2.72. The van der Waals surface area contributed by atoms with Gasteiger partial charge in [-0.3, -0.25) is 4.40 Å². The summed E-state index contributed by atoms with van der Waals surface area (Å²) in [5, 5.41) is 0. The van der Waals surface area contributed by atoms with Gasteiger partial charge in [-0.1, -0.05) is 0 Å². The molecule has 10 heteroatoms. The minimum atomic E-state index is -4.66. The lowest BCUT2D eigenvalue weighted by molar-refractivity contribution is -0.235. The third kappa shape index (κ3) is 3.39. The highest BCUT2D eigenvalue weighted by molar-refractivity contribution is 14.1. The van der Waals surface area contributed by atoms with Crippen molar-refractivity contribution in [3.8, 4) is 17.1 Å². The van der Waals surface area contributed by atoms with E-state index in [-0.39, 0.29) is 0 Å².